The molecule has 3 aromatic heterocycles. The Labute approximate surface area is 152 Å². The van der Waals surface area contributed by atoms with Gasteiger partial charge in [0.2, 0.25) is 0 Å². The van der Waals surface area contributed by atoms with Crippen LogP contribution in [0.25, 0.3) is 11.5 Å². The summed E-state index contributed by atoms with van der Waals surface area (Å²) in [6, 6.07) is 9.67. The van der Waals surface area contributed by atoms with Crippen LogP contribution in [0.3, 0.4) is 0 Å². The summed E-state index contributed by atoms with van der Waals surface area (Å²) in [7, 11) is 2.14. The third-order valence-corrected chi connectivity index (χ3v) is 4.40. The van der Waals surface area contributed by atoms with Gasteiger partial charge in [0, 0.05) is 50.2 Å². The number of pyridine rings is 1. The van der Waals surface area contributed by atoms with Gasteiger partial charge < -0.3 is 15.1 Å². The van der Waals surface area contributed by atoms with Crippen molar-refractivity contribution in [1.29, 1.82) is 0 Å². The molecule has 134 valence electrons. The van der Waals surface area contributed by atoms with Gasteiger partial charge in [-0.2, -0.15) is 5.10 Å². The van der Waals surface area contributed by atoms with Crippen LogP contribution in [0.5, 0.6) is 0 Å². The van der Waals surface area contributed by atoms with Crippen LogP contribution in [0.4, 0.5) is 17.5 Å². The Kier molecular flexibility index (Phi) is 4.49. The Balaban J connectivity index is 1.69. The third kappa shape index (κ3) is 3.65. The highest BCUT2D eigenvalue weighted by Gasteiger charge is 2.18. The highest BCUT2D eigenvalue weighted by molar-refractivity contribution is 5.62. The number of aromatic amines is 1. The minimum absolute atomic E-state index is 0.608. The van der Waals surface area contributed by atoms with Gasteiger partial charge in [0.25, 0.3) is 0 Å². The lowest BCUT2D eigenvalue weighted by atomic mass is 10.3. The SMILES string of the molecule is Cc1cc(Nc2cc(N3CCN(C)CC3)nc(-c3ccccn3)n2)n[nH]1. The van der Waals surface area contributed by atoms with Gasteiger partial charge in [0.1, 0.15) is 17.3 Å². The maximum Gasteiger partial charge on any atom is 0.182 e. The van der Waals surface area contributed by atoms with Crippen LogP contribution in [0.1, 0.15) is 5.69 Å². The molecule has 26 heavy (non-hydrogen) atoms. The lowest BCUT2D eigenvalue weighted by Crippen LogP contribution is -2.44. The molecule has 2 N–H and O–H groups in total. The Morgan fingerprint density at radius 1 is 1.04 bits per heavy atom. The zero-order valence-corrected chi connectivity index (χ0v) is 15.0. The normalized spacial score (nSPS) is 15.2. The quantitative estimate of drug-likeness (QED) is 0.745. The van der Waals surface area contributed by atoms with Crippen LogP contribution in [-0.2, 0) is 0 Å². The van der Waals surface area contributed by atoms with E-state index in [1.807, 2.05) is 37.3 Å². The molecule has 4 heterocycles. The van der Waals surface area contributed by atoms with Gasteiger partial charge in [0.15, 0.2) is 11.6 Å². The first kappa shape index (κ1) is 16.5. The summed E-state index contributed by atoms with van der Waals surface area (Å²) >= 11 is 0. The molecule has 1 fully saturated rings. The second-order valence-corrected chi connectivity index (χ2v) is 6.50. The molecule has 1 saturated heterocycles. The Hall–Kier alpha value is -3.00. The van der Waals surface area contributed by atoms with Crippen molar-refractivity contribution in [2.24, 2.45) is 0 Å². The second-order valence-electron chi connectivity index (χ2n) is 6.50. The number of nitrogens with zero attached hydrogens (tertiary/aromatic N) is 6. The summed E-state index contributed by atoms with van der Waals surface area (Å²) in [5, 5.41) is 10.4. The van der Waals surface area contributed by atoms with Crippen LogP contribution in [0.2, 0.25) is 0 Å². The van der Waals surface area contributed by atoms with Gasteiger partial charge in [-0.25, -0.2) is 9.97 Å². The van der Waals surface area contributed by atoms with Crippen molar-refractivity contribution in [3.63, 3.8) is 0 Å². The number of hydrogen-bond donors (Lipinski definition) is 2. The fraction of sp³-hybridized carbons (Fsp3) is 0.333. The van der Waals surface area contributed by atoms with Gasteiger partial charge >= 0.3 is 0 Å². The summed E-state index contributed by atoms with van der Waals surface area (Å²) in [5.74, 6) is 2.96. The van der Waals surface area contributed by atoms with E-state index in [4.69, 9.17) is 4.98 Å². The lowest BCUT2D eigenvalue weighted by molar-refractivity contribution is 0.312. The number of anilines is 3. The van der Waals surface area contributed by atoms with Crippen molar-refractivity contribution < 1.29 is 0 Å². The molecule has 0 spiro atoms. The molecule has 3 aromatic rings. The maximum atomic E-state index is 4.76. The third-order valence-electron chi connectivity index (χ3n) is 4.40. The largest absolute Gasteiger partial charge is 0.354 e. The van der Waals surface area contributed by atoms with Crippen molar-refractivity contribution in [2.45, 2.75) is 6.92 Å². The van der Waals surface area contributed by atoms with Gasteiger partial charge in [-0.15, -0.1) is 0 Å². The van der Waals surface area contributed by atoms with Crippen LogP contribution < -0.4 is 10.2 Å². The topological polar surface area (TPSA) is 85.9 Å². The standard InChI is InChI=1S/C18H22N8/c1-13-11-16(24-23-13)20-15-12-17(26-9-7-25(2)8-10-26)22-18(21-15)14-5-3-4-6-19-14/h3-6,11-12H,7-10H2,1-2H3,(H2,20,21,22,23,24). The van der Waals surface area contributed by atoms with Crippen molar-refractivity contribution in [3.05, 3.63) is 42.2 Å². The molecule has 0 atom stereocenters. The fourth-order valence-corrected chi connectivity index (χ4v) is 2.92. The predicted octanol–water partition coefficient (Wildman–Crippen LogP) is 2.07. The minimum atomic E-state index is 0.608. The average molecular weight is 350 g/mol. The molecule has 0 unspecified atom stereocenters. The molecule has 4 rings (SSSR count). The van der Waals surface area contributed by atoms with Crippen LogP contribution in [0.15, 0.2) is 36.5 Å². The smallest absolute Gasteiger partial charge is 0.182 e. The van der Waals surface area contributed by atoms with E-state index in [2.05, 4.69) is 42.3 Å². The van der Waals surface area contributed by atoms with Crippen LogP contribution >= 0.6 is 0 Å². The predicted molar refractivity (Wildman–Crippen MR) is 102 cm³/mol. The van der Waals surface area contributed by atoms with E-state index in [-0.39, 0.29) is 0 Å². The monoisotopic (exact) mass is 350 g/mol. The molecular weight excluding hydrogens is 328 g/mol. The second kappa shape index (κ2) is 7.09. The summed E-state index contributed by atoms with van der Waals surface area (Å²) in [5.41, 5.74) is 1.75. The molecule has 0 aliphatic carbocycles. The van der Waals surface area contributed by atoms with Crippen molar-refractivity contribution >= 4 is 17.5 Å². The van der Waals surface area contributed by atoms with Gasteiger partial charge in [-0.1, -0.05) is 6.07 Å². The Morgan fingerprint density at radius 3 is 2.58 bits per heavy atom. The molecule has 0 aromatic carbocycles. The number of rotatable bonds is 4. The molecular formula is C18H22N8. The number of likely N-dealkylation sites (N-methyl/N-ethyl adjacent to an activating group) is 1. The molecule has 1 aliphatic rings. The summed E-state index contributed by atoms with van der Waals surface area (Å²) in [4.78, 5) is 18.4. The first-order chi connectivity index (χ1) is 12.7. The van der Waals surface area contributed by atoms with Crippen molar-refractivity contribution in [1.82, 2.24) is 30.0 Å². The van der Waals surface area contributed by atoms with Gasteiger partial charge in [-0.05, 0) is 26.1 Å². The number of nitrogens with one attached hydrogen (secondary N) is 2. The van der Waals surface area contributed by atoms with Gasteiger partial charge in [-0.3, -0.25) is 10.1 Å². The molecule has 0 bridgehead atoms. The Bertz CT molecular complexity index is 868. The van der Waals surface area contributed by atoms with E-state index < -0.39 is 0 Å². The van der Waals surface area contributed by atoms with Gasteiger partial charge in [0.05, 0.1) is 0 Å². The highest BCUT2D eigenvalue weighted by atomic mass is 15.3. The van der Waals surface area contributed by atoms with Crippen molar-refractivity contribution in [2.75, 3.05) is 43.4 Å². The molecule has 1 aliphatic heterocycles. The average Bonchev–Trinajstić information content (AvgIpc) is 3.07. The molecule has 0 amide bonds. The fourth-order valence-electron chi connectivity index (χ4n) is 2.92. The lowest BCUT2D eigenvalue weighted by Gasteiger charge is -2.33. The number of H-pyrrole nitrogens is 1. The van der Waals surface area contributed by atoms with Crippen LogP contribution in [-0.4, -0.2) is 63.3 Å². The highest BCUT2D eigenvalue weighted by Crippen LogP contribution is 2.24. The van der Waals surface area contributed by atoms with E-state index in [1.165, 1.54) is 0 Å². The first-order valence-corrected chi connectivity index (χ1v) is 8.70. The maximum absolute atomic E-state index is 4.76. The van der Waals surface area contributed by atoms with E-state index in [0.717, 1.165) is 49.2 Å². The molecule has 0 saturated carbocycles. The first-order valence-electron chi connectivity index (χ1n) is 8.70. The Morgan fingerprint density at radius 2 is 1.88 bits per heavy atom. The summed E-state index contributed by atoms with van der Waals surface area (Å²) in [6.45, 7) is 5.88. The van der Waals surface area contributed by atoms with Crippen LogP contribution in [0, 0.1) is 6.92 Å². The molecule has 0 radical (unpaired) electrons. The number of hydrogen-bond acceptors (Lipinski definition) is 7. The molecule has 8 nitrogen and oxygen atoms in total. The zero-order valence-electron chi connectivity index (χ0n) is 15.0. The zero-order chi connectivity index (χ0) is 17.9. The summed E-state index contributed by atoms with van der Waals surface area (Å²) < 4.78 is 0. The van der Waals surface area contributed by atoms with E-state index >= 15 is 0 Å². The van der Waals surface area contributed by atoms with E-state index in [9.17, 15) is 0 Å². The van der Waals surface area contributed by atoms with Crippen molar-refractivity contribution in [3.8, 4) is 11.5 Å². The molecule has 8 heteroatoms. The number of aryl methyl sites for hydroxylation is 1. The van der Waals surface area contributed by atoms with E-state index in [1.54, 1.807) is 6.20 Å². The number of piperazine rings is 1. The van der Waals surface area contributed by atoms with E-state index in [0.29, 0.717) is 11.6 Å². The number of aromatic nitrogens is 5. The summed E-state index contributed by atoms with van der Waals surface area (Å²) in [6.07, 6.45) is 1.76. The minimum Gasteiger partial charge on any atom is -0.354 e.